The van der Waals surface area contributed by atoms with Gasteiger partial charge in [0.15, 0.2) is 0 Å². The van der Waals surface area contributed by atoms with E-state index in [4.69, 9.17) is 22.1 Å². The molecular formula is C25H23BrClN3O. The van der Waals surface area contributed by atoms with Gasteiger partial charge in [0.2, 0.25) is 0 Å². The summed E-state index contributed by atoms with van der Waals surface area (Å²) in [6.45, 7) is 0.399. The van der Waals surface area contributed by atoms with Crippen molar-refractivity contribution >= 4 is 33.3 Å². The monoisotopic (exact) mass is 495 g/mol. The molecule has 4 nitrogen and oxygen atoms in total. The first-order valence-corrected chi connectivity index (χ1v) is 11.6. The molecule has 0 amide bonds. The van der Waals surface area contributed by atoms with E-state index in [0.29, 0.717) is 28.8 Å². The average molecular weight is 497 g/mol. The molecule has 31 heavy (non-hydrogen) atoms. The first kappa shape index (κ1) is 21.7. The number of rotatable bonds is 4. The van der Waals surface area contributed by atoms with E-state index in [9.17, 15) is 5.26 Å². The highest BCUT2D eigenvalue weighted by Gasteiger charge is 2.23. The Morgan fingerprint density at radius 2 is 1.81 bits per heavy atom. The van der Waals surface area contributed by atoms with Crippen molar-refractivity contribution < 1.29 is 4.74 Å². The summed E-state index contributed by atoms with van der Waals surface area (Å²) in [7, 11) is 0. The molecule has 1 heterocycles. The molecule has 1 aliphatic rings. The lowest BCUT2D eigenvalue weighted by atomic mass is 9.87. The minimum atomic E-state index is 0.292. The van der Waals surface area contributed by atoms with Gasteiger partial charge in [0.1, 0.15) is 29.8 Å². The van der Waals surface area contributed by atoms with Crippen LogP contribution in [0.1, 0.15) is 48.1 Å². The second-order valence-electron chi connectivity index (χ2n) is 7.75. The third-order valence-corrected chi connectivity index (χ3v) is 6.38. The Balaban J connectivity index is 1.82. The third-order valence-electron chi connectivity index (χ3n) is 5.63. The molecule has 0 spiro atoms. The highest BCUT2D eigenvalue weighted by Crippen LogP contribution is 2.41. The van der Waals surface area contributed by atoms with E-state index in [1.807, 2.05) is 42.5 Å². The second kappa shape index (κ2) is 9.72. The van der Waals surface area contributed by atoms with Crippen LogP contribution in [0.4, 0.5) is 5.82 Å². The van der Waals surface area contributed by atoms with Gasteiger partial charge in [-0.1, -0.05) is 52.5 Å². The number of anilines is 1. The van der Waals surface area contributed by atoms with Crippen LogP contribution in [0.2, 0.25) is 5.02 Å². The molecule has 1 aromatic heterocycles. The fraction of sp³-hybridized carbons (Fsp3) is 0.280. The summed E-state index contributed by atoms with van der Waals surface area (Å²) in [5, 5.41) is 10.6. The van der Waals surface area contributed by atoms with E-state index in [-0.39, 0.29) is 0 Å². The molecule has 2 N–H and O–H groups in total. The normalized spacial score (nSPS) is 13.6. The molecule has 0 radical (unpaired) electrons. The second-order valence-corrected chi connectivity index (χ2v) is 9.11. The van der Waals surface area contributed by atoms with E-state index >= 15 is 0 Å². The average Bonchev–Trinajstić information content (AvgIpc) is 2.74. The molecule has 6 heteroatoms. The van der Waals surface area contributed by atoms with Crippen LogP contribution in [-0.4, -0.2) is 4.98 Å². The predicted molar refractivity (Wildman–Crippen MR) is 128 cm³/mol. The number of hydrogen-bond donors (Lipinski definition) is 1. The van der Waals surface area contributed by atoms with Gasteiger partial charge >= 0.3 is 0 Å². The van der Waals surface area contributed by atoms with Crippen LogP contribution < -0.4 is 10.5 Å². The Kier molecular flexibility index (Phi) is 6.80. The Labute approximate surface area is 196 Å². The third kappa shape index (κ3) is 4.87. The molecule has 3 aromatic rings. The molecule has 0 fully saturated rings. The molecule has 0 aliphatic heterocycles. The molecule has 0 unspecified atom stereocenters. The Morgan fingerprint density at radius 1 is 1.06 bits per heavy atom. The lowest BCUT2D eigenvalue weighted by Gasteiger charge is -2.21. The summed E-state index contributed by atoms with van der Waals surface area (Å²) in [4.78, 5) is 4.62. The van der Waals surface area contributed by atoms with Crippen LogP contribution >= 0.6 is 27.5 Å². The molecule has 0 bridgehead atoms. The zero-order chi connectivity index (χ0) is 21.8. The zero-order valence-corrected chi connectivity index (χ0v) is 19.5. The van der Waals surface area contributed by atoms with Crippen LogP contribution in [0.5, 0.6) is 5.75 Å². The Hall–Kier alpha value is -2.55. The van der Waals surface area contributed by atoms with Crippen molar-refractivity contribution in [2.75, 3.05) is 5.73 Å². The van der Waals surface area contributed by atoms with Crippen LogP contribution in [0.25, 0.3) is 11.1 Å². The maximum Gasteiger partial charge on any atom is 0.142 e. The first-order chi connectivity index (χ1) is 15.1. The molecule has 0 saturated heterocycles. The minimum Gasteiger partial charge on any atom is -0.488 e. The topological polar surface area (TPSA) is 71.9 Å². The van der Waals surface area contributed by atoms with Crippen molar-refractivity contribution in [1.29, 1.82) is 5.26 Å². The SMILES string of the molecule is N#Cc1c(N)nc2c(c1-c1cc(Br)ccc1OCc1ccc(Cl)cc1)CCCCCC2. The van der Waals surface area contributed by atoms with Gasteiger partial charge in [0, 0.05) is 26.3 Å². The van der Waals surface area contributed by atoms with E-state index < -0.39 is 0 Å². The van der Waals surface area contributed by atoms with Gasteiger partial charge in [-0.2, -0.15) is 5.26 Å². The fourth-order valence-electron chi connectivity index (χ4n) is 4.09. The van der Waals surface area contributed by atoms with Crippen LogP contribution in [0, 0.1) is 11.3 Å². The maximum atomic E-state index is 9.95. The van der Waals surface area contributed by atoms with E-state index in [1.165, 1.54) is 12.8 Å². The summed E-state index contributed by atoms with van der Waals surface area (Å²) >= 11 is 9.58. The standard InChI is InChI=1S/C25H23BrClN3O/c26-17-9-12-23(31-15-16-7-10-18(27)11-8-16)20(13-17)24-19-5-3-1-2-4-6-22(19)30-25(29)21(24)14-28/h7-13H,1-6,15H2,(H2,29,30). The van der Waals surface area contributed by atoms with E-state index in [0.717, 1.165) is 58.1 Å². The molecule has 2 aromatic carbocycles. The van der Waals surface area contributed by atoms with Gasteiger partial charge in [-0.3, -0.25) is 0 Å². The molecule has 0 saturated carbocycles. The quantitative estimate of drug-likeness (QED) is 0.428. The van der Waals surface area contributed by atoms with Crippen molar-refractivity contribution in [3.63, 3.8) is 0 Å². The van der Waals surface area contributed by atoms with Crippen LogP contribution in [0.15, 0.2) is 46.9 Å². The fourth-order valence-corrected chi connectivity index (χ4v) is 4.58. The molecule has 158 valence electrons. The highest BCUT2D eigenvalue weighted by atomic mass is 79.9. The highest BCUT2D eigenvalue weighted by molar-refractivity contribution is 9.10. The van der Waals surface area contributed by atoms with Crippen molar-refractivity contribution in [1.82, 2.24) is 4.98 Å². The molecule has 1 aliphatic carbocycles. The zero-order valence-electron chi connectivity index (χ0n) is 17.1. The summed E-state index contributed by atoms with van der Waals surface area (Å²) in [6.07, 6.45) is 6.31. The van der Waals surface area contributed by atoms with Crippen molar-refractivity contribution in [2.45, 2.75) is 45.1 Å². The van der Waals surface area contributed by atoms with Gasteiger partial charge < -0.3 is 10.5 Å². The summed E-state index contributed by atoms with van der Waals surface area (Å²) in [5.41, 5.74) is 11.6. The minimum absolute atomic E-state index is 0.292. The summed E-state index contributed by atoms with van der Waals surface area (Å²) in [5.74, 6) is 1.00. The van der Waals surface area contributed by atoms with Crippen molar-refractivity contribution in [3.8, 4) is 22.9 Å². The summed E-state index contributed by atoms with van der Waals surface area (Å²) in [6, 6.07) is 15.8. The van der Waals surface area contributed by atoms with Crippen LogP contribution in [-0.2, 0) is 19.4 Å². The molecular weight excluding hydrogens is 474 g/mol. The van der Waals surface area contributed by atoms with E-state index in [2.05, 4.69) is 27.0 Å². The smallest absolute Gasteiger partial charge is 0.142 e. The number of benzene rings is 2. The van der Waals surface area contributed by atoms with Crippen molar-refractivity contribution in [2.24, 2.45) is 0 Å². The number of ether oxygens (including phenoxy) is 1. The number of hydrogen-bond acceptors (Lipinski definition) is 4. The molecule has 4 rings (SSSR count). The lowest BCUT2D eigenvalue weighted by Crippen LogP contribution is -2.10. The Bertz CT molecular complexity index is 1140. The number of nitriles is 1. The van der Waals surface area contributed by atoms with Gasteiger partial charge in [-0.15, -0.1) is 0 Å². The maximum absolute atomic E-state index is 9.95. The van der Waals surface area contributed by atoms with E-state index in [1.54, 1.807) is 0 Å². The van der Waals surface area contributed by atoms with Gasteiger partial charge in [-0.05, 0) is 67.1 Å². The number of nitrogens with zero attached hydrogens (tertiary/aromatic N) is 2. The number of halogens is 2. The first-order valence-electron chi connectivity index (χ1n) is 10.5. The number of aromatic nitrogens is 1. The largest absolute Gasteiger partial charge is 0.488 e. The lowest BCUT2D eigenvalue weighted by molar-refractivity contribution is 0.307. The predicted octanol–water partition coefficient (Wildman–Crippen LogP) is 6.86. The van der Waals surface area contributed by atoms with Gasteiger partial charge in [0.25, 0.3) is 0 Å². The van der Waals surface area contributed by atoms with Gasteiger partial charge in [0.05, 0.1) is 0 Å². The number of nitrogen functional groups attached to an aromatic ring is 1. The van der Waals surface area contributed by atoms with Crippen LogP contribution in [0.3, 0.4) is 0 Å². The van der Waals surface area contributed by atoms with Crippen molar-refractivity contribution in [3.05, 3.63) is 74.3 Å². The summed E-state index contributed by atoms with van der Waals surface area (Å²) < 4.78 is 7.14. The number of nitrogens with two attached hydrogens (primary N) is 1. The Morgan fingerprint density at radius 3 is 2.55 bits per heavy atom. The number of fused-ring (bicyclic) bond motifs is 1. The van der Waals surface area contributed by atoms with Gasteiger partial charge in [-0.25, -0.2) is 4.98 Å². The number of pyridine rings is 1. The molecule has 0 atom stereocenters. The number of aryl methyl sites for hydroxylation is 1.